The molecule has 26 heavy (non-hydrogen) atoms. The van der Waals surface area contributed by atoms with Crippen molar-refractivity contribution in [2.45, 2.75) is 19.3 Å². The molecule has 0 aliphatic heterocycles. The van der Waals surface area contributed by atoms with Gasteiger partial charge in [0.15, 0.2) is 0 Å². The van der Waals surface area contributed by atoms with Crippen molar-refractivity contribution in [2.75, 3.05) is 0 Å². The first-order chi connectivity index (χ1) is 12.6. The van der Waals surface area contributed by atoms with E-state index in [2.05, 4.69) is 124 Å². The third-order valence-electron chi connectivity index (χ3n) is 5.62. The number of benzene rings is 3. The molecule has 4 heteroatoms. The Labute approximate surface area is 186 Å². The van der Waals surface area contributed by atoms with Gasteiger partial charge in [0.1, 0.15) is 0 Å². The fourth-order valence-electron chi connectivity index (χ4n) is 4.62. The fourth-order valence-corrected chi connectivity index (χ4v) is 6.21. The van der Waals surface area contributed by atoms with E-state index in [0.717, 1.165) is 0 Å². The number of hydrogen-bond acceptors (Lipinski definition) is 0. The molecule has 0 nitrogen and oxygen atoms in total. The quantitative estimate of drug-likeness (QED) is 0.180. The lowest BCUT2D eigenvalue weighted by Gasteiger charge is -2.43. The molecule has 0 N–H and O–H groups in total. The minimum absolute atomic E-state index is 0.124. The van der Waals surface area contributed by atoms with Crippen LogP contribution in [-0.2, 0) is 0 Å². The molecule has 0 saturated heterocycles. The molecule has 0 amide bonds. The zero-order valence-electron chi connectivity index (χ0n) is 13.6. The molecule has 3 aliphatic carbocycles. The van der Waals surface area contributed by atoms with Crippen LogP contribution in [0.4, 0.5) is 0 Å². The van der Waals surface area contributed by atoms with Crippen LogP contribution in [0.1, 0.15) is 63.8 Å². The van der Waals surface area contributed by atoms with Gasteiger partial charge >= 0.3 is 0 Å². The van der Waals surface area contributed by atoms with Crippen molar-refractivity contribution in [3.05, 3.63) is 105 Å². The summed E-state index contributed by atoms with van der Waals surface area (Å²) < 4.78 is 0.248. The van der Waals surface area contributed by atoms with Crippen LogP contribution in [0.2, 0.25) is 0 Å². The van der Waals surface area contributed by atoms with Gasteiger partial charge in [-0.3, -0.25) is 0 Å². The Balaban J connectivity index is 1.85. The van der Waals surface area contributed by atoms with Gasteiger partial charge in [-0.2, -0.15) is 0 Å². The first kappa shape index (κ1) is 17.7. The van der Waals surface area contributed by atoms with Gasteiger partial charge in [0.2, 0.25) is 0 Å². The maximum atomic E-state index is 3.72. The van der Waals surface area contributed by atoms with Crippen molar-refractivity contribution in [3.63, 3.8) is 0 Å². The number of hydrogen-bond donors (Lipinski definition) is 0. The second-order valence-corrected chi connectivity index (χ2v) is 13.0. The van der Waals surface area contributed by atoms with E-state index < -0.39 is 0 Å². The van der Waals surface area contributed by atoms with Crippen molar-refractivity contribution in [1.29, 1.82) is 0 Å². The minimum atomic E-state index is 0.124. The van der Waals surface area contributed by atoms with Gasteiger partial charge in [-0.05, 0) is 44.5 Å². The van der Waals surface area contributed by atoms with Crippen LogP contribution in [0.25, 0.3) is 0 Å². The zero-order valence-corrected chi connectivity index (χ0v) is 19.9. The summed E-state index contributed by atoms with van der Waals surface area (Å²) in [4.78, 5) is 0. The van der Waals surface area contributed by atoms with E-state index in [1.54, 1.807) is 0 Å². The van der Waals surface area contributed by atoms with E-state index in [1.165, 1.54) is 44.5 Å². The van der Waals surface area contributed by atoms with Gasteiger partial charge < -0.3 is 0 Å². The molecule has 3 aliphatic rings. The standard InChI is InChI=1S/C22H14Br4/c23-21(24)17-9-15-16(10-18(17)22(25)26)20-12-6-2-1-5-11(12)19(15)13-7-3-4-8-14(13)20/h1-10,19-22H. The van der Waals surface area contributed by atoms with Gasteiger partial charge in [0.05, 0.1) is 7.47 Å². The van der Waals surface area contributed by atoms with Crippen molar-refractivity contribution in [3.8, 4) is 0 Å². The summed E-state index contributed by atoms with van der Waals surface area (Å²) in [6.45, 7) is 0. The highest BCUT2D eigenvalue weighted by Gasteiger charge is 2.41. The lowest BCUT2D eigenvalue weighted by Crippen LogP contribution is -2.28. The SMILES string of the molecule is BrC(Br)c1cc2c(cc1C(Br)Br)C1c3ccccc3C2c2ccccc21. The molecule has 0 fully saturated rings. The molecular weight excluding hydrogens is 584 g/mol. The molecule has 0 aromatic heterocycles. The molecule has 6 rings (SSSR count). The predicted octanol–water partition coefficient (Wildman–Crippen LogP) is 8.25. The largest absolute Gasteiger partial charge is 0.0949 e. The molecule has 0 spiro atoms. The molecule has 0 radical (unpaired) electrons. The highest BCUT2D eigenvalue weighted by atomic mass is 79.9. The highest BCUT2D eigenvalue weighted by Crippen LogP contribution is 2.57. The first-order valence-corrected chi connectivity index (χ1v) is 12.2. The lowest BCUT2D eigenvalue weighted by molar-refractivity contribution is 0.751. The summed E-state index contributed by atoms with van der Waals surface area (Å²) in [7, 11) is 0. The van der Waals surface area contributed by atoms with Crippen LogP contribution in [0.3, 0.4) is 0 Å². The summed E-state index contributed by atoms with van der Waals surface area (Å²) >= 11 is 14.9. The molecule has 0 heterocycles. The van der Waals surface area contributed by atoms with E-state index in [1.807, 2.05) is 0 Å². The third kappa shape index (κ3) is 2.48. The second kappa shape index (κ2) is 6.58. The molecule has 3 aromatic carbocycles. The zero-order chi connectivity index (χ0) is 18.0. The molecule has 0 unspecified atom stereocenters. The van der Waals surface area contributed by atoms with Gasteiger partial charge in [-0.25, -0.2) is 0 Å². The maximum Gasteiger partial charge on any atom is 0.0949 e. The Morgan fingerprint density at radius 2 is 0.808 bits per heavy atom. The van der Waals surface area contributed by atoms with Gasteiger partial charge in [0, 0.05) is 11.8 Å². The van der Waals surface area contributed by atoms with Crippen molar-refractivity contribution < 1.29 is 0 Å². The Morgan fingerprint density at radius 1 is 0.500 bits per heavy atom. The molecule has 130 valence electrons. The van der Waals surface area contributed by atoms with Gasteiger partial charge in [0.25, 0.3) is 0 Å². The minimum Gasteiger partial charge on any atom is -0.0712 e. The van der Waals surface area contributed by atoms with Crippen LogP contribution in [-0.4, -0.2) is 0 Å². The molecule has 3 aromatic rings. The number of rotatable bonds is 2. The average molecular weight is 598 g/mol. The van der Waals surface area contributed by atoms with Crippen LogP contribution < -0.4 is 0 Å². The fraction of sp³-hybridized carbons (Fsp3) is 0.182. The Bertz CT molecular complexity index is 894. The first-order valence-electron chi connectivity index (χ1n) is 8.49. The van der Waals surface area contributed by atoms with Crippen LogP contribution in [0, 0.1) is 0 Å². The highest BCUT2D eigenvalue weighted by molar-refractivity contribution is 9.24. The van der Waals surface area contributed by atoms with E-state index in [4.69, 9.17) is 0 Å². The van der Waals surface area contributed by atoms with E-state index >= 15 is 0 Å². The monoisotopic (exact) mass is 594 g/mol. The number of halogens is 4. The Kier molecular flexibility index (Phi) is 4.47. The third-order valence-corrected chi connectivity index (χ3v) is 7.59. The summed E-state index contributed by atoms with van der Waals surface area (Å²) in [6.07, 6.45) is 0. The van der Waals surface area contributed by atoms with Gasteiger partial charge in [-0.15, -0.1) is 0 Å². The predicted molar refractivity (Wildman–Crippen MR) is 122 cm³/mol. The number of alkyl halides is 4. The van der Waals surface area contributed by atoms with E-state index in [-0.39, 0.29) is 7.47 Å². The molecule has 0 atom stereocenters. The molecule has 2 bridgehead atoms. The summed E-state index contributed by atoms with van der Waals surface area (Å²) in [5.74, 6) is 0.635. The van der Waals surface area contributed by atoms with Crippen LogP contribution in [0.5, 0.6) is 0 Å². The van der Waals surface area contributed by atoms with E-state index in [9.17, 15) is 0 Å². The van der Waals surface area contributed by atoms with Crippen molar-refractivity contribution >= 4 is 63.7 Å². The smallest absolute Gasteiger partial charge is 0.0712 e. The Morgan fingerprint density at radius 3 is 1.08 bits per heavy atom. The normalized spacial score (nSPS) is 19.5. The Hall–Kier alpha value is -0.420. The summed E-state index contributed by atoms with van der Waals surface area (Å²) in [5.41, 5.74) is 11.2. The van der Waals surface area contributed by atoms with Crippen molar-refractivity contribution in [1.82, 2.24) is 0 Å². The van der Waals surface area contributed by atoms with Gasteiger partial charge in [-0.1, -0.05) is 124 Å². The summed E-state index contributed by atoms with van der Waals surface area (Å²) in [5, 5.41) is 0. The van der Waals surface area contributed by atoms with Crippen LogP contribution >= 0.6 is 63.7 Å². The molecule has 0 saturated carbocycles. The second-order valence-electron chi connectivity index (χ2n) is 6.84. The van der Waals surface area contributed by atoms with Crippen LogP contribution in [0.15, 0.2) is 60.7 Å². The maximum absolute atomic E-state index is 3.72. The lowest BCUT2D eigenvalue weighted by atomic mass is 9.61. The molecular formula is C22H14Br4. The topological polar surface area (TPSA) is 0 Å². The van der Waals surface area contributed by atoms with Crippen molar-refractivity contribution in [2.24, 2.45) is 0 Å². The average Bonchev–Trinajstić information content (AvgIpc) is 2.66. The summed E-state index contributed by atoms with van der Waals surface area (Å²) in [6, 6.07) is 22.7. The van der Waals surface area contributed by atoms with E-state index in [0.29, 0.717) is 11.8 Å².